The highest BCUT2D eigenvalue weighted by atomic mass is 35.5. The maximum atomic E-state index is 13.6. The van der Waals surface area contributed by atoms with E-state index in [4.69, 9.17) is 23.2 Å². The Hall–Kier alpha value is -1.14. The van der Waals surface area contributed by atoms with E-state index in [0.717, 1.165) is 0 Å². The van der Waals surface area contributed by atoms with Crippen LogP contribution in [0.15, 0.2) is 0 Å². The van der Waals surface area contributed by atoms with Gasteiger partial charge in [-0.2, -0.15) is 0 Å². The Morgan fingerprint density at radius 1 is 0.722 bits per heavy atom. The van der Waals surface area contributed by atoms with Gasteiger partial charge in [-0.05, 0) is 23.2 Å². The van der Waals surface area contributed by atoms with Crippen molar-refractivity contribution < 1.29 is 27.2 Å². The van der Waals surface area contributed by atoms with Crippen LogP contribution in [0.25, 0.3) is 0 Å². The molecule has 0 aliphatic carbocycles. The van der Waals surface area contributed by atoms with Crippen LogP contribution in [-0.4, -0.2) is 10.5 Å². The molecule has 0 saturated heterocycles. The Bertz CT molecular complexity index is 488. The number of halogens is 6. The van der Waals surface area contributed by atoms with E-state index in [2.05, 4.69) is 0 Å². The van der Waals surface area contributed by atoms with Gasteiger partial charge in [0.1, 0.15) is 5.82 Å². The summed E-state index contributed by atoms with van der Waals surface area (Å²) in [4.78, 5) is 21.1. The molecule has 0 radical (unpaired) electrons. The zero-order valence-electron chi connectivity index (χ0n) is 8.50. The molecule has 0 atom stereocenters. The Morgan fingerprint density at radius 2 is 1.06 bits per heavy atom. The van der Waals surface area contributed by atoms with Gasteiger partial charge in [-0.3, -0.25) is 9.59 Å². The van der Waals surface area contributed by atoms with Gasteiger partial charge in [0.15, 0.2) is 17.5 Å². The summed E-state index contributed by atoms with van der Waals surface area (Å²) in [6.45, 7) is 0. The van der Waals surface area contributed by atoms with Crippen molar-refractivity contribution in [2.24, 2.45) is 0 Å². The van der Waals surface area contributed by atoms with E-state index in [1.165, 1.54) is 0 Å². The molecular weight excluding hydrogens is 299 g/mol. The monoisotopic (exact) mass is 302 g/mol. The van der Waals surface area contributed by atoms with E-state index in [1.807, 2.05) is 0 Å². The third-order valence-corrected chi connectivity index (χ3v) is 2.34. The fourth-order valence-corrected chi connectivity index (χ4v) is 1.59. The average molecular weight is 303 g/mol. The quantitative estimate of drug-likeness (QED) is 0.371. The topological polar surface area (TPSA) is 34.1 Å². The second-order valence-corrected chi connectivity index (χ2v) is 4.12. The molecule has 8 heteroatoms. The van der Waals surface area contributed by atoms with Crippen molar-refractivity contribution in [1.82, 2.24) is 0 Å². The third kappa shape index (κ3) is 3.00. The fraction of sp³-hybridized carbons (Fsp3) is 0.200. The van der Waals surface area contributed by atoms with Crippen molar-refractivity contribution in [3.8, 4) is 0 Å². The first-order valence-electron chi connectivity index (χ1n) is 4.46. The second kappa shape index (κ2) is 5.67. The van der Waals surface area contributed by atoms with E-state index in [-0.39, 0.29) is 0 Å². The van der Waals surface area contributed by atoms with E-state index in [1.54, 1.807) is 0 Å². The number of carbonyl (C=O) groups is 2. The number of hydrogen-bond acceptors (Lipinski definition) is 2. The molecule has 0 heterocycles. The maximum Gasteiger partial charge on any atom is 0.226 e. The average Bonchev–Trinajstić information content (AvgIpc) is 2.27. The van der Waals surface area contributed by atoms with E-state index in [0.29, 0.717) is 0 Å². The van der Waals surface area contributed by atoms with Gasteiger partial charge < -0.3 is 0 Å². The molecule has 0 spiro atoms. The number of benzene rings is 1. The summed E-state index contributed by atoms with van der Waals surface area (Å²) in [5, 5.41) is -2.33. The molecule has 0 aliphatic rings. The molecule has 0 saturated carbocycles. The number of hydrogen-bond donors (Lipinski definition) is 0. The normalized spacial score (nSPS) is 10.6. The van der Waals surface area contributed by atoms with Gasteiger partial charge in [0, 0.05) is 11.1 Å². The van der Waals surface area contributed by atoms with Crippen LogP contribution in [0.3, 0.4) is 0 Å². The van der Waals surface area contributed by atoms with Crippen LogP contribution in [-0.2, 0) is 22.4 Å². The molecule has 1 aromatic rings. The van der Waals surface area contributed by atoms with Crippen molar-refractivity contribution in [3.63, 3.8) is 0 Å². The highest BCUT2D eigenvalue weighted by Crippen LogP contribution is 2.25. The molecule has 2 nitrogen and oxygen atoms in total. The minimum Gasteiger partial charge on any atom is -0.281 e. The van der Waals surface area contributed by atoms with Crippen molar-refractivity contribution in [3.05, 3.63) is 34.4 Å². The van der Waals surface area contributed by atoms with Crippen LogP contribution in [0.1, 0.15) is 11.1 Å². The van der Waals surface area contributed by atoms with E-state index >= 15 is 0 Å². The molecule has 0 amide bonds. The minimum atomic E-state index is -1.99. The van der Waals surface area contributed by atoms with Gasteiger partial charge in [0.25, 0.3) is 0 Å². The van der Waals surface area contributed by atoms with Crippen molar-refractivity contribution in [2.75, 3.05) is 0 Å². The van der Waals surface area contributed by atoms with Crippen molar-refractivity contribution >= 4 is 33.7 Å². The van der Waals surface area contributed by atoms with Gasteiger partial charge in [0.2, 0.25) is 10.5 Å². The summed E-state index contributed by atoms with van der Waals surface area (Å²) in [5.74, 6) is -7.25. The summed E-state index contributed by atoms with van der Waals surface area (Å²) in [7, 11) is 0. The van der Waals surface area contributed by atoms with Gasteiger partial charge in [-0.25, -0.2) is 17.6 Å². The standard InChI is InChI=1S/C10H4Cl2F4O2/c11-5(17)1-3-7(13)4(2-6(12)18)9(15)10(16)8(3)14/h1-2H2. The SMILES string of the molecule is O=C(Cl)Cc1c(F)c(F)c(F)c(CC(=O)Cl)c1F. The van der Waals surface area contributed by atoms with Crippen LogP contribution in [0.4, 0.5) is 17.6 Å². The van der Waals surface area contributed by atoms with Crippen LogP contribution < -0.4 is 0 Å². The second-order valence-electron chi connectivity index (χ2n) is 3.28. The van der Waals surface area contributed by atoms with Gasteiger partial charge in [-0.15, -0.1) is 0 Å². The summed E-state index contributed by atoms with van der Waals surface area (Å²) in [6, 6.07) is 0. The highest BCUT2D eigenvalue weighted by molar-refractivity contribution is 6.64. The third-order valence-electron chi connectivity index (χ3n) is 2.08. The minimum absolute atomic E-state index is 0.972. The van der Waals surface area contributed by atoms with Gasteiger partial charge in [0.05, 0.1) is 12.8 Å². The first-order valence-corrected chi connectivity index (χ1v) is 5.21. The predicted molar refractivity (Wildman–Crippen MR) is 55.4 cm³/mol. The molecular formula is C10H4Cl2F4O2. The lowest BCUT2D eigenvalue weighted by Crippen LogP contribution is -2.12. The van der Waals surface area contributed by atoms with Crippen LogP contribution in [0, 0.1) is 23.3 Å². The molecule has 18 heavy (non-hydrogen) atoms. The zero-order valence-corrected chi connectivity index (χ0v) is 10.0. The molecule has 1 rings (SSSR count). The van der Waals surface area contributed by atoms with E-state index < -0.39 is 57.7 Å². The Labute approximate surface area is 108 Å². The van der Waals surface area contributed by atoms with Crippen LogP contribution in [0.5, 0.6) is 0 Å². The predicted octanol–water partition coefficient (Wildman–Crippen LogP) is 2.86. The van der Waals surface area contributed by atoms with Crippen molar-refractivity contribution in [1.29, 1.82) is 0 Å². The summed E-state index contributed by atoms with van der Waals surface area (Å²) >= 11 is 9.85. The Kier molecular flexibility index (Phi) is 4.70. The molecule has 0 unspecified atom stereocenters. The van der Waals surface area contributed by atoms with Gasteiger partial charge in [-0.1, -0.05) is 0 Å². The van der Waals surface area contributed by atoms with Crippen LogP contribution in [0.2, 0.25) is 0 Å². The highest BCUT2D eigenvalue weighted by Gasteiger charge is 2.26. The molecule has 0 N–H and O–H groups in total. The number of carbonyl (C=O) groups excluding carboxylic acids is 2. The molecule has 0 fully saturated rings. The molecule has 0 aromatic heterocycles. The zero-order chi connectivity index (χ0) is 14.0. The lowest BCUT2D eigenvalue weighted by Gasteiger charge is -2.09. The lowest BCUT2D eigenvalue weighted by atomic mass is 10.0. The van der Waals surface area contributed by atoms with Gasteiger partial charge >= 0.3 is 0 Å². The smallest absolute Gasteiger partial charge is 0.226 e. The first kappa shape index (κ1) is 14.9. The fourth-order valence-electron chi connectivity index (χ4n) is 1.32. The summed E-state index contributed by atoms with van der Waals surface area (Å²) in [6.07, 6.45) is -1.94. The molecule has 0 bridgehead atoms. The maximum absolute atomic E-state index is 13.6. The lowest BCUT2D eigenvalue weighted by molar-refractivity contribution is -0.111. The molecule has 98 valence electrons. The Morgan fingerprint density at radius 3 is 1.33 bits per heavy atom. The Balaban J connectivity index is 3.48. The number of rotatable bonds is 4. The van der Waals surface area contributed by atoms with Crippen molar-refractivity contribution in [2.45, 2.75) is 12.8 Å². The summed E-state index contributed by atoms with van der Waals surface area (Å²) < 4.78 is 53.2. The van der Waals surface area contributed by atoms with Crippen LogP contribution >= 0.6 is 23.2 Å². The first-order chi connectivity index (χ1) is 8.25. The molecule has 0 aliphatic heterocycles. The summed E-state index contributed by atoms with van der Waals surface area (Å²) in [5.41, 5.74) is -2.08. The largest absolute Gasteiger partial charge is 0.281 e. The van der Waals surface area contributed by atoms with E-state index in [9.17, 15) is 27.2 Å². The molecule has 1 aromatic carbocycles.